The topological polar surface area (TPSA) is 45.9 Å². The highest BCUT2D eigenvalue weighted by molar-refractivity contribution is 4.90. The second-order valence-corrected chi connectivity index (χ2v) is 2.17. The average molecular weight is 140 g/mol. The van der Waals surface area contributed by atoms with E-state index in [1.807, 2.05) is 6.92 Å². The summed E-state index contributed by atoms with van der Waals surface area (Å²) in [6.45, 7) is 1.79. The van der Waals surface area contributed by atoms with Gasteiger partial charge in [0, 0.05) is 6.42 Å². The third-order valence-electron chi connectivity index (χ3n) is 1.20. The fourth-order valence-corrected chi connectivity index (χ4v) is 0.740. The van der Waals surface area contributed by atoms with Crippen LogP contribution in [-0.2, 0) is 11.5 Å². The van der Waals surface area contributed by atoms with Crippen molar-refractivity contribution in [2.75, 3.05) is 6.61 Å². The Morgan fingerprint density at radius 1 is 1.70 bits per heavy atom. The Labute approximate surface area is 59.7 Å². The lowest BCUT2D eigenvalue weighted by molar-refractivity contribution is 0.186. The molecule has 0 aromatic carbocycles. The fourth-order valence-electron chi connectivity index (χ4n) is 0.740. The van der Waals surface area contributed by atoms with Crippen LogP contribution in [0.15, 0.2) is 10.6 Å². The maximum absolute atomic E-state index is 10.0. The molecule has 10 heavy (non-hydrogen) atoms. The van der Waals surface area contributed by atoms with Gasteiger partial charge in [-0.1, -0.05) is 0 Å². The minimum absolute atomic E-state index is 0.0541. The van der Waals surface area contributed by atoms with Crippen LogP contribution in [0.1, 0.15) is 18.1 Å². The van der Waals surface area contributed by atoms with Crippen LogP contribution in [0.25, 0.3) is 0 Å². The summed E-state index contributed by atoms with van der Waals surface area (Å²) in [5.74, 6) is 1.48. The van der Waals surface area contributed by atoms with Crippen molar-refractivity contribution >= 4 is 0 Å². The molecule has 0 atom stereocenters. The Balaban J connectivity index is 2.42. The lowest BCUT2D eigenvalue weighted by atomic mass is 10.3. The maximum Gasteiger partial charge on any atom is 0.194 e. The molecule has 1 heterocycles. The number of hydrogen-bond acceptors (Lipinski definition) is 2. The standard InChI is InChI=1S/C7H10NO2/c1-6-5-8-7(10-6)3-2-4-9/h5H,2-4H2,1H3. The van der Waals surface area contributed by atoms with Crippen LogP contribution in [0.2, 0.25) is 0 Å². The summed E-state index contributed by atoms with van der Waals surface area (Å²) < 4.78 is 5.14. The van der Waals surface area contributed by atoms with Gasteiger partial charge in [0.15, 0.2) is 5.89 Å². The van der Waals surface area contributed by atoms with Crippen molar-refractivity contribution in [3.05, 3.63) is 17.8 Å². The van der Waals surface area contributed by atoms with E-state index >= 15 is 0 Å². The molecule has 1 aromatic rings. The van der Waals surface area contributed by atoms with E-state index in [1.54, 1.807) is 6.20 Å². The number of nitrogens with zero attached hydrogens (tertiary/aromatic N) is 1. The molecule has 0 aliphatic rings. The number of aromatic nitrogens is 1. The van der Waals surface area contributed by atoms with E-state index in [1.165, 1.54) is 0 Å². The maximum atomic E-state index is 10.0. The predicted octanol–water partition coefficient (Wildman–Crippen LogP) is 1.35. The van der Waals surface area contributed by atoms with E-state index in [2.05, 4.69) is 4.98 Å². The van der Waals surface area contributed by atoms with Crippen LogP contribution in [0, 0.1) is 6.92 Å². The van der Waals surface area contributed by atoms with Gasteiger partial charge in [0.25, 0.3) is 0 Å². The zero-order chi connectivity index (χ0) is 7.40. The molecule has 0 amide bonds. The van der Waals surface area contributed by atoms with Crippen molar-refractivity contribution in [3.63, 3.8) is 0 Å². The second-order valence-electron chi connectivity index (χ2n) is 2.17. The molecule has 0 saturated heterocycles. The van der Waals surface area contributed by atoms with E-state index < -0.39 is 0 Å². The highest BCUT2D eigenvalue weighted by Crippen LogP contribution is 2.03. The molecule has 0 fully saturated rings. The van der Waals surface area contributed by atoms with Gasteiger partial charge in [-0.25, -0.2) is 10.1 Å². The summed E-state index contributed by atoms with van der Waals surface area (Å²) in [6, 6.07) is 0. The van der Waals surface area contributed by atoms with E-state index in [4.69, 9.17) is 4.42 Å². The summed E-state index contributed by atoms with van der Waals surface area (Å²) in [7, 11) is 0. The van der Waals surface area contributed by atoms with Crippen molar-refractivity contribution in [1.29, 1.82) is 0 Å². The first-order chi connectivity index (χ1) is 4.83. The van der Waals surface area contributed by atoms with Crippen LogP contribution < -0.4 is 0 Å². The molecule has 0 unspecified atom stereocenters. The van der Waals surface area contributed by atoms with Crippen molar-refractivity contribution < 1.29 is 9.52 Å². The van der Waals surface area contributed by atoms with Gasteiger partial charge in [-0.15, -0.1) is 0 Å². The van der Waals surface area contributed by atoms with Gasteiger partial charge in [-0.05, 0) is 13.3 Å². The van der Waals surface area contributed by atoms with Gasteiger partial charge in [-0.2, -0.15) is 0 Å². The van der Waals surface area contributed by atoms with Crippen molar-refractivity contribution in [2.24, 2.45) is 0 Å². The van der Waals surface area contributed by atoms with Gasteiger partial charge >= 0.3 is 0 Å². The normalized spacial score (nSPS) is 10.2. The molecule has 3 nitrogen and oxygen atoms in total. The van der Waals surface area contributed by atoms with Crippen LogP contribution in [-0.4, -0.2) is 11.6 Å². The third-order valence-corrected chi connectivity index (χ3v) is 1.20. The molecule has 55 valence electrons. The third kappa shape index (κ3) is 1.84. The minimum atomic E-state index is -0.0541. The predicted molar refractivity (Wildman–Crippen MR) is 35.1 cm³/mol. The smallest absolute Gasteiger partial charge is 0.194 e. The van der Waals surface area contributed by atoms with E-state index in [-0.39, 0.29) is 6.61 Å². The van der Waals surface area contributed by atoms with Crippen LogP contribution in [0.3, 0.4) is 0 Å². The number of rotatable bonds is 3. The summed E-state index contributed by atoms with van der Waals surface area (Å²) in [5.41, 5.74) is 0. The Hall–Kier alpha value is -0.830. The molecular formula is C7H10NO2. The molecule has 0 bridgehead atoms. The molecule has 1 rings (SSSR count). The minimum Gasteiger partial charge on any atom is -0.446 e. The van der Waals surface area contributed by atoms with Crippen LogP contribution in [0.4, 0.5) is 0 Å². The molecule has 1 aromatic heterocycles. The van der Waals surface area contributed by atoms with Crippen LogP contribution in [0.5, 0.6) is 0 Å². The summed E-state index contributed by atoms with van der Waals surface area (Å²) in [6.07, 6.45) is 2.94. The highest BCUT2D eigenvalue weighted by atomic mass is 16.4. The molecule has 0 saturated carbocycles. The fraction of sp³-hybridized carbons (Fsp3) is 0.571. The summed E-state index contributed by atoms with van der Waals surface area (Å²) in [4.78, 5) is 3.95. The molecule has 3 heteroatoms. The first-order valence-electron chi connectivity index (χ1n) is 3.32. The zero-order valence-corrected chi connectivity index (χ0v) is 5.96. The molecule has 1 radical (unpaired) electrons. The van der Waals surface area contributed by atoms with E-state index in [9.17, 15) is 5.11 Å². The molecule has 0 aliphatic carbocycles. The monoisotopic (exact) mass is 140 g/mol. The van der Waals surface area contributed by atoms with Gasteiger partial charge in [0.1, 0.15) is 5.76 Å². The van der Waals surface area contributed by atoms with Gasteiger partial charge in [0.2, 0.25) is 0 Å². The van der Waals surface area contributed by atoms with E-state index in [0.717, 1.165) is 5.76 Å². The molecule has 0 spiro atoms. The Morgan fingerprint density at radius 2 is 2.50 bits per heavy atom. The number of hydrogen-bond donors (Lipinski definition) is 0. The Morgan fingerprint density at radius 3 is 3.00 bits per heavy atom. The summed E-state index contributed by atoms with van der Waals surface area (Å²) in [5, 5.41) is 10.0. The lowest BCUT2D eigenvalue weighted by Gasteiger charge is -1.88. The molecule has 0 aliphatic heterocycles. The van der Waals surface area contributed by atoms with Crippen molar-refractivity contribution in [2.45, 2.75) is 19.8 Å². The largest absolute Gasteiger partial charge is 0.446 e. The Kier molecular flexibility index (Phi) is 2.45. The lowest BCUT2D eigenvalue weighted by Crippen LogP contribution is -1.87. The molecular weight excluding hydrogens is 130 g/mol. The zero-order valence-electron chi connectivity index (χ0n) is 5.96. The Bertz CT molecular complexity index is 195. The average Bonchev–Trinajstić information content (AvgIpc) is 2.31. The van der Waals surface area contributed by atoms with E-state index in [0.29, 0.717) is 18.7 Å². The van der Waals surface area contributed by atoms with Crippen LogP contribution >= 0.6 is 0 Å². The first kappa shape index (κ1) is 7.28. The van der Waals surface area contributed by atoms with Gasteiger partial charge < -0.3 is 4.42 Å². The number of oxazole rings is 1. The SMILES string of the molecule is Cc1cnc(CCC[O])o1. The first-order valence-corrected chi connectivity index (χ1v) is 3.32. The summed E-state index contributed by atoms with van der Waals surface area (Å²) >= 11 is 0. The van der Waals surface area contributed by atoms with Gasteiger partial charge in [0.05, 0.1) is 12.8 Å². The van der Waals surface area contributed by atoms with Crippen molar-refractivity contribution in [3.8, 4) is 0 Å². The van der Waals surface area contributed by atoms with Gasteiger partial charge in [-0.3, -0.25) is 0 Å². The molecule has 0 N–H and O–H groups in total. The van der Waals surface area contributed by atoms with Crippen molar-refractivity contribution in [1.82, 2.24) is 4.98 Å². The second kappa shape index (κ2) is 3.37. The number of aryl methyl sites for hydroxylation is 2. The quantitative estimate of drug-likeness (QED) is 0.636. The highest BCUT2D eigenvalue weighted by Gasteiger charge is 1.98.